The third-order valence-corrected chi connectivity index (χ3v) is 5.14. The molecular formula is C23H28N4O3. The Labute approximate surface area is 177 Å². The molecule has 7 nitrogen and oxygen atoms in total. The molecule has 7 heteroatoms. The number of nitrogens with one attached hydrogen (secondary N) is 2. The third kappa shape index (κ3) is 5.24. The molecule has 3 rings (SSSR count). The van der Waals surface area contributed by atoms with Crippen LogP contribution in [0.25, 0.3) is 0 Å². The molecule has 0 fully saturated rings. The highest BCUT2D eigenvalue weighted by Crippen LogP contribution is 2.31. The van der Waals surface area contributed by atoms with Crippen LogP contribution in [0.1, 0.15) is 26.3 Å². The van der Waals surface area contributed by atoms with Crippen molar-refractivity contribution in [3.05, 3.63) is 54.1 Å². The first-order valence-electron chi connectivity index (χ1n) is 10.2. The Balaban J connectivity index is 1.57. The van der Waals surface area contributed by atoms with E-state index in [1.807, 2.05) is 41.8 Å². The van der Waals surface area contributed by atoms with E-state index in [4.69, 9.17) is 0 Å². The lowest BCUT2D eigenvalue weighted by molar-refractivity contribution is -0.121. The van der Waals surface area contributed by atoms with Crippen LogP contribution in [0, 0.1) is 0 Å². The second kappa shape index (κ2) is 9.54. The van der Waals surface area contributed by atoms with Gasteiger partial charge in [0.1, 0.15) is 0 Å². The molecule has 0 saturated heterocycles. The van der Waals surface area contributed by atoms with E-state index in [9.17, 15) is 14.4 Å². The van der Waals surface area contributed by atoms with Crippen molar-refractivity contribution in [2.45, 2.75) is 33.2 Å². The Morgan fingerprint density at radius 2 is 1.63 bits per heavy atom. The molecule has 3 amide bonds. The van der Waals surface area contributed by atoms with Gasteiger partial charge in [-0.15, -0.1) is 0 Å². The maximum absolute atomic E-state index is 13.0. The molecule has 0 aromatic heterocycles. The SMILES string of the molecule is CCN(CC(=O)Nc1ccc(NC(C)=O)cc1)CC(=O)N1c2ccccc2C[C@H]1C. The Bertz CT molecular complexity index is 926. The van der Waals surface area contributed by atoms with E-state index in [1.165, 1.54) is 12.5 Å². The summed E-state index contributed by atoms with van der Waals surface area (Å²) in [5, 5.41) is 5.52. The summed E-state index contributed by atoms with van der Waals surface area (Å²) in [7, 11) is 0. The number of nitrogens with zero attached hydrogens (tertiary/aromatic N) is 2. The van der Waals surface area contributed by atoms with Crippen molar-refractivity contribution in [3.8, 4) is 0 Å². The van der Waals surface area contributed by atoms with Crippen LogP contribution < -0.4 is 15.5 Å². The molecule has 30 heavy (non-hydrogen) atoms. The minimum Gasteiger partial charge on any atom is -0.326 e. The van der Waals surface area contributed by atoms with Crippen molar-refractivity contribution in [2.24, 2.45) is 0 Å². The Hall–Kier alpha value is -3.19. The molecule has 1 heterocycles. The first-order chi connectivity index (χ1) is 14.4. The van der Waals surface area contributed by atoms with Gasteiger partial charge in [-0.05, 0) is 55.8 Å². The fourth-order valence-electron chi connectivity index (χ4n) is 3.74. The van der Waals surface area contributed by atoms with Gasteiger partial charge in [0, 0.05) is 30.0 Å². The van der Waals surface area contributed by atoms with Gasteiger partial charge in [-0.3, -0.25) is 19.3 Å². The van der Waals surface area contributed by atoms with Crippen molar-refractivity contribution in [3.63, 3.8) is 0 Å². The lowest BCUT2D eigenvalue weighted by atomic mass is 10.1. The average Bonchev–Trinajstić information content (AvgIpc) is 3.04. The van der Waals surface area contributed by atoms with E-state index in [1.54, 1.807) is 24.3 Å². The van der Waals surface area contributed by atoms with Crippen LogP contribution in [0.4, 0.5) is 17.1 Å². The molecule has 0 bridgehead atoms. The fourth-order valence-corrected chi connectivity index (χ4v) is 3.74. The van der Waals surface area contributed by atoms with Gasteiger partial charge in [0.05, 0.1) is 13.1 Å². The molecule has 2 N–H and O–H groups in total. The minimum atomic E-state index is -0.188. The van der Waals surface area contributed by atoms with E-state index in [0.29, 0.717) is 17.9 Å². The highest BCUT2D eigenvalue weighted by Gasteiger charge is 2.31. The molecule has 2 aromatic rings. The highest BCUT2D eigenvalue weighted by atomic mass is 16.2. The van der Waals surface area contributed by atoms with Gasteiger partial charge in [-0.25, -0.2) is 0 Å². The topological polar surface area (TPSA) is 81.8 Å². The molecule has 1 aliphatic heterocycles. The molecule has 0 spiro atoms. The summed E-state index contributed by atoms with van der Waals surface area (Å²) >= 11 is 0. The summed E-state index contributed by atoms with van der Waals surface area (Å²) in [5.74, 6) is -0.335. The fraction of sp³-hybridized carbons (Fsp3) is 0.348. The molecule has 158 valence electrons. The molecular weight excluding hydrogens is 380 g/mol. The van der Waals surface area contributed by atoms with E-state index in [0.717, 1.165) is 12.1 Å². The van der Waals surface area contributed by atoms with Gasteiger partial charge in [-0.1, -0.05) is 25.1 Å². The lowest BCUT2D eigenvalue weighted by Gasteiger charge is -2.27. The summed E-state index contributed by atoms with van der Waals surface area (Å²) in [5.41, 5.74) is 3.46. The summed E-state index contributed by atoms with van der Waals surface area (Å²) < 4.78 is 0. The number of benzene rings is 2. The van der Waals surface area contributed by atoms with E-state index < -0.39 is 0 Å². The van der Waals surface area contributed by atoms with Gasteiger partial charge in [0.15, 0.2) is 0 Å². The van der Waals surface area contributed by atoms with Crippen LogP contribution in [0.2, 0.25) is 0 Å². The summed E-state index contributed by atoms with van der Waals surface area (Å²) in [6, 6.07) is 15.0. The van der Waals surface area contributed by atoms with Crippen molar-refractivity contribution >= 4 is 34.8 Å². The number of likely N-dealkylation sites (N-methyl/N-ethyl adjacent to an activating group) is 1. The smallest absolute Gasteiger partial charge is 0.241 e. The number of amides is 3. The largest absolute Gasteiger partial charge is 0.326 e. The predicted molar refractivity (Wildman–Crippen MR) is 119 cm³/mol. The van der Waals surface area contributed by atoms with Crippen LogP contribution in [-0.2, 0) is 20.8 Å². The first-order valence-corrected chi connectivity index (χ1v) is 10.2. The molecule has 1 atom stereocenters. The number of carbonyl (C=O) groups is 3. The zero-order valence-electron chi connectivity index (χ0n) is 17.6. The monoisotopic (exact) mass is 408 g/mol. The van der Waals surface area contributed by atoms with E-state index >= 15 is 0 Å². The van der Waals surface area contributed by atoms with Crippen LogP contribution in [0.15, 0.2) is 48.5 Å². The number of carbonyl (C=O) groups excluding carboxylic acids is 3. The summed E-state index contributed by atoms with van der Waals surface area (Å²) in [4.78, 5) is 40.2. The molecule has 0 saturated carbocycles. The van der Waals surface area contributed by atoms with Crippen LogP contribution in [0.5, 0.6) is 0 Å². The zero-order valence-corrected chi connectivity index (χ0v) is 17.6. The second-order valence-electron chi connectivity index (χ2n) is 7.56. The van der Waals surface area contributed by atoms with E-state index in [-0.39, 0.29) is 36.9 Å². The molecule has 0 aliphatic carbocycles. The maximum Gasteiger partial charge on any atom is 0.241 e. The van der Waals surface area contributed by atoms with Crippen LogP contribution >= 0.6 is 0 Å². The Morgan fingerprint density at radius 3 is 2.27 bits per heavy atom. The van der Waals surface area contributed by atoms with Crippen molar-refractivity contribution < 1.29 is 14.4 Å². The molecule has 1 aliphatic rings. The van der Waals surface area contributed by atoms with Crippen molar-refractivity contribution in [1.82, 2.24) is 4.90 Å². The summed E-state index contributed by atoms with van der Waals surface area (Å²) in [6.07, 6.45) is 0.850. The number of hydrogen-bond acceptors (Lipinski definition) is 4. The van der Waals surface area contributed by atoms with Gasteiger partial charge < -0.3 is 15.5 Å². The third-order valence-electron chi connectivity index (χ3n) is 5.14. The number of fused-ring (bicyclic) bond motifs is 1. The van der Waals surface area contributed by atoms with Gasteiger partial charge in [0.2, 0.25) is 17.7 Å². The quantitative estimate of drug-likeness (QED) is 0.738. The standard InChI is InChI=1S/C23H28N4O3/c1-4-26(14-22(29)25-20-11-9-19(10-12-20)24-17(3)28)15-23(30)27-16(2)13-18-7-5-6-8-21(18)27/h5-12,16H,4,13-15H2,1-3H3,(H,24,28)(H,25,29)/t16-/m1/s1. The Morgan fingerprint density at radius 1 is 1.00 bits per heavy atom. The second-order valence-corrected chi connectivity index (χ2v) is 7.56. The minimum absolute atomic E-state index is 0.00163. The van der Waals surface area contributed by atoms with Crippen molar-refractivity contribution in [2.75, 3.05) is 35.2 Å². The molecule has 2 aromatic carbocycles. The Kier molecular flexibility index (Phi) is 6.84. The molecule has 0 unspecified atom stereocenters. The van der Waals surface area contributed by atoms with E-state index in [2.05, 4.69) is 16.7 Å². The number of hydrogen-bond donors (Lipinski definition) is 2. The molecule has 0 radical (unpaired) electrons. The number of rotatable bonds is 7. The first kappa shape index (κ1) is 21.5. The maximum atomic E-state index is 13.0. The number of anilines is 3. The van der Waals surface area contributed by atoms with Crippen LogP contribution in [-0.4, -0.2) is 48.3 Å². The van der Waals surface area contributed by atoms with Gasteiger partial charge >= 0.3 is 0 Å². The zero-order chi connectivity index (χ0) is 21.7. The van der Waals surface area contributed by atoms with Crippen LogP contribution in [0.3, 0.4) is 0 Å². The average molecular weight is 409 g/mol. The van der Waals surface area contributed by atoms with Gasteiger partial charge in [0.25, 0.3) is 0 Å². The normalized spacial score (nSPS) is 15.1. The number of para-hydroxylation sites is 1. The highest BCUT2D eigenvalue weighted by molar-refractivity contribution is 5.98. The van der Waals surface area contributed by atoms with Crippen molar-refractivity contribution in [1.29, 1.82) is 0 Å². The van der Waals surface area contributed by atoms with Gasteiger partial charge in [-0.2, -0.15) is 0 Å². The predicted octanol–water partition coefficient (Wildman–Crippen LogP) is 2.88. The lowest BCUT2D eigenvalue weighted by Crippen LogP contribution is -2.45. The summed E-state index contributed by atoms with van der Waals surface area (Å²) in [6.45, 7) is 6.32.